The third-order valence-corrected chi connectivity index (χ3v) is 6.31. The van der Waals surface area contributed by atoms with Gasteiger partial charge in [0, 0.05) is 10.8 Å². The maximum Gasteiger partial charge on any atom is 0.324 e. The molecule has 4 atom stereocenters. The van der Waals surface area contributed by atoms with Crippen molar-refractivity contribution in [1.29, 1.82) is 0 Å². The van der Waals surface area contributed by atoms with E-state index >= 15 is 0 Å². The van der Waals surface area contributed by atoms with Crippen LogP contribution in [0.4, 0.5) is 0 Å². The second-order valence-electron chi connectivity index (χ2n) is 9.06. The molecule has 4 bridgehead atoms. The van der Waals surface area contributed by atoms with Crippen molar-refractivity contribution in [2.45, 2.75) is 52.4 Å². The number of nitrogens with zero attached hydrogens (tertiary/aromatic N) is 1. The predicted molar refractivity (Wildman–Crippen MR) is 73.3 cm³/mol. The van der Waals surface area contributed by atoms with Crippen molar-refractivity contribution in [3.8, 4) is 0 Å². The number of hydrogen-bond donors (Lipinski definition) is 0. The molecule has 0 aromatic carbocycles. The highest BCUT2D eigenvalue weighted by atomic mass is 16.7. The van der Waals surface area contributed by atoms with Crippen LogP contribution in [0.3, 0.4) is 0 Å². The maximum atomic E-state index is 6.39. The Labute approximate surface area is 116 Å². The van der Waals surface area contributed by atoms with Gasteiger partial charge >= 0.3 is 5.91 Å². The zero-order valence-corrected chi connectivity index (χ0v) is 12.9. The number of hydrogen-bond acceptors (Lipinski definition) is 2. The fourth-order valence-corrected chi connectivity index (χ4v) is 7.33. The second-order valence-corrected chi connectivity index (χ2v) is 9.06. The van der Waals surface area contributed by atoms with Crippen molar-refractivity contribution in [3.63, 3.8) is 0 Å². The Balaban J connectivity index is 1.87. The Morgan fingerprint density at radius 3 is 1.84 bits per heavy atom. The SMILES string of the molecule is CC12C[C@@]3(C)C[C@@](C)(C1)C[N+](C)(C3)C21OCCCO1. The van der Waals surface area contributed by atoms with E-state index in [4.69, 9.17) is 9.47 Å². The van der Waals surface area contributed by atoms with Gasteiger partial charge in [0.25, 0.3) is 0 Å². The summed E-state index contributed by atoms with van der Waals surface area (Å²) in [5.41, 5.74) is 1.13. The summed E-state index contributed by atoms with van der Waals surface area (Å²) >= 11 is 0. The Bertz CT molecular complexity index is 380. The molecule has 4 heterocycles. The van der Waals surface area contributed by atoms with E-state index in [1.165, 1.54) is 32.4 Å². The van der Waals surface area contributed by atoms with E-state index in [0.717, 1.165) is 24.1 Å². The molecule has 19 heavy (non-hydrogen) atoms. The molecule has 1 aliphatic carbocycles. The summed E-state index contributed by atoms with van der Waals surface area (Å²) in [5, 5.41) is 0. The maximum absolute atomic E-state index is 6.39. The van der Waals surface area contributed by atoms with E-state index in [2.05, 4.69) is 27.8 Å². The van der Waals surface area contributed by atoms with Crippen molar-refractivity contribution >= 4 is 0 Å². The second kappa shape index (κ2) is 3.20. The molecule has 4 aliphatic heterocycles. The lowest BCUT2D eigenvalue weighted by Crippen LogP contribution is -2.85. The molecule has 1 spiro atoms. The molecule has 0 N–H and O–H groups in total. The minimum absolute atomic E-state index is 0.181. The largest absolute Gasteiger partial charge is 0.324 e. The fraction of sp³-hybridized carbons (Fsp3) is 1.00. The van der Waals surface area contributed by atoms with E-state index in [-0.39, 0.29) is 11.3 Å². The van der Waals surface area contributed by atoms with Gasteiger partial charge in [-0.1, -0.05) is 13.8 Å². The van der Waals surface area contributed by atoms with Gasteiger partial charge in [-0.15, -0.1) is 0 Å². The predicted octanol–water partition coefficient (Wildman–Crippen LogP) is 2.75. The van der Waals surface area contributed by atoms with Crippen molar-refractivity contribution in [1.82, 2.24) is 0 Å². The molecule has 5 rings (SSSR count). The summed E-state index contributed by atoms with van der Waals surface area (Å²) < 4.78 is 13.8. The molecule has 0 aromatic rings. The zero-order valence-electron chi connectivity index (χ0n) is 12.9. The van der Waals surface area contributed by atoms with E-state index in [9.17, 15) is 0 Å². The van der Waals surface area contributed by atoms with E-state index < -0.39 is 0 Å². The van der Waals surface area contributed by atoms with Crippen LogP contribution in [0.15, 0.2) is 0 Å². The number of ether oxygens (including phenoxy) is 2. The molecule has 4 saturated heterocycles. The highest BCUT2D eigenvalue weighted by Gasteiger charge is 2.78. The monoisotopic (exact) mass is 266 g/mol. The molecule has 5 aliphatic rings. The summed E-state index contributed by atoms with van der Waals surface area (Å²) in [6, 6.07) is 0. The summed E-state index contributed by atoms with van der Waals surface area (Å²) in [5.74, 6) is -0.356. The Kier molecular flexibility index (Phi) is 2.13. The van der Waals surface area contributed by atoms with Gasteiger partial charge in [-0.2, -0.15) is 0 Å². The molecule has 0 radical (unpaired) electrons. The average molecular weight is 266 g/mol. The molecule has 2 unspecified atom stereocenters. The molecule has 3 heteroatoms. The average Bonchev–Trinajstić information content (AvgIpc) is 2.23. The summed E-state index contributed by atoms with van der Waals surface area (Å²) in [7, 11) is 2.39. The first kappa shape index (κ1) is 12.6. The van der Waals surface area contributed by atoms with Crippen molar-refractivity contribution in [3.05, 3.63) is 0 Å². The van der Waals surface area contributed by atoms with Gasteiger partial charge in [-0.05, 0) is 32.6 Å². The lowest BCUT2D eigenvalue weighted by Gasteiger charge is -2.74. The van der Waals surface area contributed by atoms with E-state index in [0.29, 0.717) is 10.8 Å². The minimum Gasteiger partial charge on any atom is -0.303 e. The molecule has 3 nitrogen and oxygen atoms in total. The van der Waals surface area contributed by atoms with E-state index in [1.807, 2.05) is 0 Å². The fourth-order valence-electron chi connectivity index (χ4n) is 7.33. The first-order valence-electron chi connectivity index (χ1n) is 7.87. The quantitative estimate of drug-likeness (QED) is 0.628. The lowest BCUT2D eigenvalue weighted by molar-refractivity contribution is -1.05. The van der Waals surface area contributed by atoms with Gasteiger partial charge in [-0.3, -0.25) is 4.48 Å². The number of piperidine rings is 3. The summed E-state index contributed by atoms with van der Waals surface area (Å²) in [4.78, 5) is 0. The molecular formula is C16H28NO2+. The highest BCUT2D eigenvalue weighted by molar-refractivity contribution is 5.09. The highest BCUT2D eigenvalue weighted by Crippen LogP contribution is 2.70. The van der Waals surface area contributed by atoms with Crippen LogP contribution in [0.2, 0.25) is 0 Å². The third-order valence-electron chi connectivity index (χ3n) is 6.31. The molecule has 1 saturated carbocycles. The van der Waals surface area contributed by atoms with Crippen LogP contribution in [0.25, 0.3) is 0 Å². The summed E-state index contributed by atoms with van der Waals surface area (Å²) in [6.07, 6.45) is 4.97. The van der Waals surface area contributed by atoms with E-state index in [1.54, 1.807) is 0 Å². The molecule has 5 fully saturated rings. The van der Waals surface area contributed by atoms with Crippen molar-refractivity contribution < 1.29 is 14.0 Å². The minimum atomic E-state index is -0.356. The standard InChI is InChI=1S/C16H28NO2/c1-13-8-14(2)10-15(3,9-13)16(17(4,11-13)12-14)18-6-5-7-19-16/h5-12H2,1-4H3/q+1/t13-,14+,15?,17?. The Morgan fingerprint density at radius 2 is 1.37 bits per heavy atom. The number of rotatable bonds is 0. The van der Waals surface area contributed by atoms with Crippen LogP contribution in [0, 0.1) is 16.2 Å². The molecule has 0 aromatic heterocycles. The van der Waals surface area contributed by atoms with Gasteiger partial charge in [0.15, 0.2) is 0 Å². The normalized spacial score (nSPS) is 58.7. The van der Waals surface area contributed by atoms with Gasteiger partial charge in [0.1, 0.15) is 0 Å². The lowest BCUT2D eigenvalue weighted by atomic mass is 9.46. The third kappa shape index (κ3) is 1.35. The van der Waals surface area contributed by atoms with Crippen molar-refractivity contribution in [2.24, 2.45) is 16.2 Å². The van der Waals surface area contributed by atoms with Gasteiger partial charge in [0.05, 0.1) is 38.8 Å². The first-order chi connectivity index (χ1) is 8.74. The van der Waals surface area contributed by atoms with Crippen LogP contribution < -0.4 is 0 Å². The topological polar surface area (TPSA) is 18.5 Å². The zero-order chi connectivity index (χ0) is 13.6. The molecular weight excluding hydrogens is 238 g/mol. The van der Waals surface area contributed by atoms with Crippen LogP contribution in [0.1, 0.15) is 46.5 Å². The Morgan fingerprint density at radius 1 is 0.842 bits per heavy atom. The Hall–Kier alpha value is -0.120. The van der Waals surface area contributed by atoms with Crippen molar-refractivity contribution in [2.75, 3.05) is 33.4 Å². The van der Waals surface area contributed by atoms with Crippen LogP contribution in [0.5, 0.6) is 0 Å². The van der Waals surface area contributed by atoms with Crippen LogP contribution >= 0.6 is 0 Å². The molecule has 108 valence electrons. The smallest absolute Gasteiger partial charge is 0.303 e. The van der Waals surface area contributed by atoms with Crippen LogP contribution in [-0.4, -0.2) is 43.7 Å². The van der Waals surface area contributed by atoms with Gasteiger partial charge in [0.2, 0.25) is 0 Å². The number of quaternary nitrogens is 1. The van der Waals surface area contributed by atoms with Gasteiger partial charge in [-0.25, -0.2) is 0 Å². The summed E-state index contributed by atoms with van der Waals surface area (Å²) in [6.45, 7) is 11.6. The molecule has 0 amide bonds. The van der Waals surface area contributed by atoms with Gasteiger partial charge < -0.3 is 9.47 Å². The first-order valence-corrected chi connectivity index (χ1v) is 7.87. The van der Waals surface area contributed by atoms with Crippen LogP contribution in [-0.2, 0) is 9.47 Å².